The lowest BCUT2D eigenvalue weighted by Crippen LogP contribution is -2.46. The van der Waals surface area contributed by atoms with E-state index in [0.717, 1.165) is 29.2 Å². The zero-order valence-electron chi connectivity index (χ0n) is 18.5. The number of likely N-dealkylation sites (tertiary alicyclic amines) is 1. The molecule has 1 aliphatic heterocycles. The van der Waals surface area contributed by atoms with Crippen molar-refractivity contribution in [3.63, 3.8) is 0 Å². The van der Waals surface area contributed by atoms with Gasteiger partial charge in [-0.15, -0.1) is 0 Å². The molecule has 0 radical (unpaired) electrons. The van der Waals surface area contributed by atoms with E-state index in [9.17, 15) is 14.4 Å². The third-order valence-electron chi connectivity index (χ3n) is 5.99. The van der Waals surface area contributed by atoms with Gasteiger partial charge in [-0.05, 0) is 47.4 Å². The SMILES string of the molecule is O=C(CCNC(=O)C1CCCN(C(=O)c2cccc3ccccc23)C1)NCc1ccncc1. The zero-order valence-corrected chi connectivity index (χ0v) is 18.5. The van der Waals surface area contributed by atoms with Crippen LogP contribution in [0.5, 0.6) is 0 Å². The molecular weight excluding hydrogens is 416 g/mol. The van der Waals surface area contributed by atoms with Crippen molar-refractivity contribution in [2.24, 2.45) is 5.92 Å². The molecule has 7 heteroatoms. The van der Waals surface area contributed by atoms with Crippen molar-refractivity contribution in [3.05, 3.63) is 78.1 Å². The Balaban J connectivity index is 1.27. The van der Waals surface area contributed by atoms with Crippen molar-refractivity contribution in [2.45, 2.75) is 25.8 Å². The second kappa shape index (κ2) is 10.7. The summed E-state index contributed by atoms with van der Waals surface area (Å²) in [6.45, 7) is 1.74. The first-order chi connectivity index (χ1) is 16.1. The highest BCUT2D eigenvalue weighted by Gasteiger charge is 2.29. The van der Waals surface area contributed by atoms with E-state index >= 15 is 0 Å². The number of rotatable bonds is 7. The predicted octanol–water partition coefficient (Wildman–Crippen LogP) is 2.91. The number of pyridine rings is 1. The summed E-state index contributed by atoms with van der Waals surface area (Å²) in [7, 11) is 0. The maximum atomic E-state index is 13.2. The first kappa shape index (κ1) is 22.5. The van der Waals surface area contributed by atoms with Gasteiger partial charge >= 0.3 is 0 Å². The Morgan fingerprint density at radius 1 is 0.970 bits per heavy atom. The van der Waals surface area contributed by atoms with Crippen molar-refractivity contribution in [3.8, 4) is 0 Å². The fourth-order valence-corrected chi connectivity index (χ4v) is 4.19. The Bertz CT molecular complexity index is 1130. The van der Waals surface area contributed by atoms with Crippen LogP contribution in [0.4, 0.5) is 0 Å². The second-order valence-corrected chi connectivity index (χ2v) is 8.29. The lowest BCUT2D eigenvalue weighted by molar-refractivity contribution is -0.126. The minimum absolute atomic E-state index is 0.0419. The molecule has 1 aromatic heterocycles. The van der Waals surface area contributed by atoms with E-state index in [1.807, 2.05) is 54.6 Å². The van der Waals surface area contributed by atoms with Gasteiger partial charge in [0.05, 0.1) is 5.92 Å². The van der Waals surface area contributed by atoms with Crippen LogP contribution < -0.4 is 10.6 Å². The van der Waals surface area contributed by atoms with Crippen LogP contribution in [0, 0.1) is 5.92 Å². The number of benzene rings is 2. The Hall–Kier alpha value is -3.74. The minimum Gasteiger partial charge on any atom is -0.355 e. The van der Waals surface area contributed by atoms with Crippen molar-refractivity contribution >= 4 is 28.5 Å². The maximum absolute atomic E-state index is 13.2. The summed E-state index contributed by atoms with van der Waals surface area (Å²) in [6, 6.07) is 17.2. The zero-order chi connectivity index (χ0) is 23.0. The molecule has 0 aliphatic carbocycles. The number of nitrogens with zero attached hydrogens (tertiary/aromatic N) is 2. The van der Waals surface area contributed by atoms with E-state index in [-0.39, 0.29) is 36.6 Å². The van der Waals surface area contributed by atoms with Gasteiger partial charge in [0.2, 0.25) is 11.8 Å². The highest BCUT2D eigenvalue weighted by atomic mass is 16.2. The molecule has 0 spiro atoms. The molecular formula is C26H28N4O3. The fraction of sp³-hybridized carbons (Fsp3) is 0.308. The van der Waals surface area contributed by atoms with E-state index in [4.69, 9.17) is 0 Å². The summed E-state index contributed by atoms with van der Waals surface area (Å²) >= 11 is 0. The van der Waals surface area contributed by atoms with E-state index in [2.05, 4.69) is 15.6 Å². The van der Waals surface area contributed by atoms with Crippen LogP contribution in [0.15, 0.2) is 67.0 Å². The van der Waals surface area contributed by atoms with Crippen molar-refractivity contribution in [1.82, 2.24) is 20.5 Å². The molecule has 3 aromatic rings. The highest BCUT2D eigenvalue weighted by molar-refractivity contribution is 6.07. The molecule has 7 nitrogen and oxygen atoms in total. The van der Waals surface area contributed by atoms with Crippen LogP contribution in [0.3, 0.4) is 0 Å². The van der Waals surface area contributed by atoms with Crippen molar-refractivity contribution in [1.29, 1.82) is 0 Å². The van der Waals surface area contributed by atoms with Crippen LogP contribution >= 0.6 is 0 Å². The van der Waals surface area contributed by atoms with E-state index in [0.29, 0.717) is 25.2 Å². The molecule has 2 aromatic carbocycles. The number of amides is 3. The van der Waals surface area contributed by atoms with Gasteiger partial charge < -0.3 is 15.5 Å². The Labute approximate surface area is 193 Å². The van der Waals surface area contributed by atoms with E-state index in [1.54, 1.807) is 17.3 Å². The Morgan fingerprint density at radius 2 is 1.76 bits per heavy atom. The standard InChI is InChI=1S/C26H28N4O3/c31-24(29-17-19-10-13-27-14-11-19)12-15-28-25(32)21-7-4-16-30(18-21)26(33)23-9-3-6-20-5-1-2-8-22(20)23/h1-3,5-6,8-11,13-14,21H,4,7,12,15-18H2,(H,28,32)(H,29,31). The average molecular weight is 445 g/mol. The number of nitrogens with one attached hydrogen (secondary N) is 2. The number of piperidine rings is 1. The molecule has 1 aliphatic rings. The fourth-order valence-electron chi connectivity index (χ4n) is 4.19. The average Bonchev–Trinajstić information content (AvgIpc) is 2.87. The van der Waals surface area contributed by atoms with Gasteiger partial charge in [-0.3, -0.25) is 19.4 Å². The normalized spacial score (nSPS) is 15.8. The Morgan fingerprint density at radius 3 is 2.61 bits per heavy atom. The summed E-state index contributed by atoms with van der Waals surface area (Å²) in [5, 5.41) is 7.65. The van der Waals surface area contributed by atoms with E-state index in [1.165, 1.54) is 0 Å². The smallest absolute Gasteiger partial charge is 0.254 e. The first-order valence-corrected chi connectivity index (χ1v) is 11.3. The van der Waals surface area contributed by atoms with Crippen molar-refractivity contribution < 1.29 is 14.4 Å². The molecule has 33 heavy (non-hydrogen) atoms. The molecule has 1 unspecified atom stereocenters. The molecule has 1 atom stereocenters. The van der Waals surface area contributed by atoms with Gasteiger partial charge in [0.25, 0.3) is 5.91 Å². The van der Waals surface area contributed by atoms with Crippen molar-refractivity contribution in [2.75, 3.05) is 19.6 Å². The third-order valence-corrected chi connectivity index (χ3v) is 5.99. The largest absolute Gasteiger partial charge is 0.355 e. The van der Waals surface area contributed by atoms with Gasteiger partial charge in [-0.25, -0.2) is 0 Å². The topological polar surface area (TPSA) is 91.4 Å². The van der Waals surface area contributed by atoms with E-state index < -0.39 is 0 Å². The summed E-state index contributed by atoms with van der Waals surface area (Å²) < 4.78 is 0. The number of carbonyl (C=O) groups excluding carboxylic acids is 3. The number of fused-ring (bicyclic) bond motifs is 1. The summed E-state index contributed by atoms with van der Waals surface area (Å²) in [5.41, 5.74) is 1.64. The molecule has 1 fully saturated rings. The van der Waals surface area contributed by atoms with Crippen LogP contribution in [-0.4, -0.2) is 47.2 Å². The molecule has 170 valence electrons. The van der Waals surface area contributed by atoms with Crippen LogP contribution in [0.2, 0.25) is 0 Å². The molecule has 1 saturated heterocycles. The minimum atomic E-state index is -0.266. The molecule has 2 heterocycles. The quantitative estimate of drug-likeness (QED) is 0.586. The van der Waals surface area contributed by atoms with Gasteiger partial charge in [-0.2, -0.15) is 0 Å². The molecule has 4 rings (SSSR count). The summed E-state index contributed by atoms with van der Waals surface area (Å²) in [6.07, 6.45) is 5.09. The Kier molecular flexibility index (Phi) is 7.29. The lowest BCUT2D eigenvalue weighted by atomic mass is 9.95. The van der Waals surface area contributed by atoms with Crippen LogP contribution in [0.1, 0.15) is 35.2 Å². The predicted molar refractivity (Wildman–Crippen MR) is 126 cm³/mol. The highest BCUT2D eigenvalue weighted by Crippen LogP contribution is 2.23. The number of carbonyl (C=O) groups is 3. The maximum Gasteiger partial charge on any atom is 0.254 e. The summed E-state index contributed by atoms with van der Waals surface area (Å²) in [5.74, 6) is -0.534. The molecule has 2 N–H and O–H groups in total. The summed E-state index contributed by atoms with van der Waals surface area (Å²) in [4.78, 5) is 43.7. The number of hydrogen-bond donors (Lipinski definition) is 2. The monoisotopic (exact) mass is 444 g/mol. The van der Waals surface area contributed by atoms with Gasteiger partial charge in [0, 0.05) is 50.6 Å². The van der Waals surface area contributed by atoms with Crippen LogP contribution in [-0.2, 0) is 16.1 Å². The lowest BCUT2D eigenvalue weighted by Gasteiger charge is -2.32. The van der Waals surface area contributed by atoms with Gasteiger partial charge in [0.1, 0.15) is 0 Å². The number of aromatic nitrogens is 1. The first-order valence-electron chi connectivity index (χ1n) is 11.3. The van der Waals surface area contributed by atoms with Gasteiger partial charge in [0.15, 0.2) is 0 Å². The second-order valence-electron chi connectivity index (χ2n) is 8.29. The third kappa shape index (κ3) is 5.74. The molecule has 0 bridgehead atoms. The number of hydrogen-bond acceptors (Lipinski definition) is 4. The van der Waals surface area contributed by atoms with Gasteiger partial charge in [-0.1, -0.05) is 36.4 Å². The van der Waals surface area contributed by atoms with Crippen LogP contribution in [0.25, 0.3) is 10.8 Å². The molecule has 0 saturated carbocycles. The molecule has 3 amide bonds.